The summed E-state index contributed by atoms with van der Waals surface area (Å²) >= 11 is 0.927. The maximum Gasteiger partial charge on any atom is 0.415 e. The molecule has 0 unspecified atom stereocenters. The number of benzene rings is 2. The van der Waals surface area contributed by atoms with E-state index in [2.05, 4.69) is 0 Å². The van der Waals surface area contributed by atoms with E-state index in [1.165, 1.54) is 30.3 Å². The first-order valence-corrected chi connectivity index (χ1v) is 12.0. The Morgan fingerprint density at radius 3 is 2.19 bits per heavy atom. The first-order chi connectivity index (χ1) is 17.5. The number of hydrogen-bond acceptors (Lipinski definition) is 7. The number of carbonyl (C=O) groups excluding carboxylic acids is 1. The number of hydrogen-bond donors (Lipinski definition) is 1. The summed E-state index contributed by atoms with van der Waals surface area (Å²) in [5.74, 6) is -3.14. The van der Waals surface area contributed by atoms with Crippen LogP contribution in [0.25, 0.3) is 10.4 Å². The summed E-state index contributed by atoms with van der Waals surface area (Å²) in [6.07, 6.45) is -0.482. The molecule has 0 saturated carbocycles. The summed E-state index contributed by atoms with van der Waals surface area (Å²) in [7, 11) is 3.45. The minimum absolute atomic E-state index is 0.0165. The number of carboxylic acids is 1. The van der Waals surface area contributed by atoms with Gasteiger partial charge in [0.2, 0.25) is 0 Å². The van der Waals surface area contributed by atoms with Gasteiger partial charge in [0.05, 0.1) is 23.6 Å². The number of nitro groups is 1. The number of carbonyl (C=O) groups is 2. The Labute approximate surface area is 215 Å². The fourth-order valence-electron chi connectivity index (χ4n) is 3.63. The van der Waals surface area contributed by atoms with E-state index in [0.29, 0.717) is 22.4 Å². The van der Waals surface area contributed by atoms with Crippen molar-refractivity contribution >= 4 is 34.1 Å². The fourth-order valence-corrected chi connectivity index (χ4v) is 4.92. The number of rotatable bonds is 10. The molecule has 1 N–H and O–H groups in total. The van der Waals surface area contributed by atoms with Crippen LogP contribution in [0.5, 0.6) is 0 Å². The van der Waals surface area contributed by atoms with Crippen molar-refractivity contribution in [3.05, 3.63) is 80.9 Å². The zero-order chi connectivity index (χ0) is 27.3. The minimum atomic E-state index is -1.35. The van der Waals surface area contributed by atoms with E-state index in [1.54, 1.807) is 25.9 Å². The minimum Gasteiger partial charge on any atom is -0.478 e. The maximum atomic E-state index is 14.5. The van der Waals surface area contributed by atoms with Gasteiger partial charge in [-0.3, -0.25) is 15.0 Å². The molecule has 3 rings (SSSR count). The van der Waals surface area contributed by atoms with E-state index < -0.39 is 40.7 Å². The number of nitrogens with zero attached hydrogens (tertiary/aromatic N) is 3. The largest absolute Gasteiger partial charge is 0.478 e. The Morgan fingerprint density at radius 2 is 1.68 bits per heavy atom. The fraction of sp³-hybridized carbons (Fsp3) is 0.280. The van der Waals surface area contributed by atoms with Gasteiger partial charge in [0.1, 0.15) is 16.6 Å². The van der Waals surface area contributed by atoms with Crippen molar-refractivity contribution in [2.24, 2.45) is 0 Å². The molecule has 196 valence electrons. The van der Waals surface area contributed by atoms with E-state index >= 15 is 0 Å². The number of thiophene rings is 1. The summed E-state index contributed by atoms with van der Waals surface area (Å²) in [5, 5.41) is 21.2. The number of amides is 1. The van der Waals surface area contributed by atoms with Crippen molar-refractivity contribution in [2.75, 3.05) is 25.6 Å². The highest BCUT2D eigenvalue weighted by molar-refractivity contribution is 7.20. The molecule has 0 aliphatic carbocycles. The second-order valence-electron chi connectivity index (χ2n) is 8.34. The number of anilines is 1. The molecule has 0 atom stereocenters. The number of carboxylic acid groups (broad SMARTS) is 1. The van der Waals surface area contributed by atoms with Gasteiger partial charge in [-0.15, -0.1) is 11.3 Å². The molecular formula is C25H25F2N3O6S. The van der Waals surface area contributed by atoms with Crippen LogP contribution in [0, 0.1) is 21.7 Å². The lowest BCUT2D eigenvalue weighted by atomic mass is 10.0. The molecule has 0 aliphatic rings. The van der Waals surface area contributed by atoms with Crippen LogP contribution in [-0.2, 0) is 17.8 Å². The van der Waals surface area contributed by atoms with E-state index in [1.807, 2.05) is 0 Å². The van der Waals surface area contributed by atoms with Crippen LogP contribution in [0.1, 0.15) is 34.8 Å². The van der Waals surface area contributed by atoms with E-state index in [4.69, 9.17) is 4.74 Å². The lowest BCUT2D eigenvalue weighted by Gasteiger charge is -2.22. The van der Waals surface area contributed by atoms with Crippen molar-refractivity contribution in [3.8, 4) is 10.4 Å². The van der Waals surface area contributed by atoms with Gasteiger partial charge in [0.25, 0.3) is 5.69 Å². The average Bonchev–Trinajstić information content (AvgIpc) is 3.20. The smallest absolute Gasteiger partial charge is 0.415 e. The third-order valence-corrected chi connectivity index (χ3v) is 6.59. The number of ether oxygens (including phenoxy) is 1. The van der Waals surface area contributed by atoms with Crippen LogP contribution in [0.4, 0.5) is 24.3 Å². The lowest BCUT2D eigenvalue weighted by Crippen LogP contribution is -2.32. The molecule has 0 bridgehead atoms. The summed E-state index contributed by atoms with van der Waals surface area (Å²) in [5.41, 5.74) is 0.0331. The molecule has 1 aromatic heterocycles. The van der Waals surface area contributed by atoms with Gasteiger partial charge in [-0.2, -0.15) is 0 Å². The number of nitro benzene ring substituents is 1. The lowest BCUT2D eigenvalue weighted by molar-refractivity contribution is -0.384. The van der Waals surface area contributed by atoms with Gasteiger partial charge in [-0.25, -0.2) is 18.4 Å². The van der Waals surface area contributed by atoms with Gasteiger partial charge >= 0.3 is 12.1 Å². The van der Waals surface area contributed by atoms with E-state index in [9.17, 15) is 33.6 Å². The summed E-state index contributed by atoms with van der Waals surface area (Å²) in [6.45, 7) is 1.33. The Morgan fingerprint density at radius 1 is 1.05 bits per heavy atom. The van der Waals surface area contributed by atoms with Crippen LogP contribution in [0.2, 0.25) is 0 Å². The highest BCUT2D eigenvalue weighted by Gasteiger charge is 2.32. The van der Waals surface area contributed by atoms with Crippen LogP contribution < -0.4 is 4.90 Å². The molecular weight excluding hydrogens is 508 g/mol. The molecule has 37 heavy (non-hydrogen) atoms. The van der Waals surface area contributed by atoms with Crippen LogP contribution in [0.3, 0.4) is 0 Å². The highest BCUT2D eigenvalue weighted by atomic mass is 32.1. The molecule has 0 fully saturated rings. The Bertz CT molecular complexity index is 1290. The van der Waals surface area contributed by atoms with E-state index in [0.717, 1.165) is 28.4 Å². The zero-order valence-electron chi connectivity index (χ0n) is 20.4. The molecule has 12 heteroatoms. The molecule has 0 radical (unpaired) electrons. The summed E-state index contributed by atoms with van der Waals surface area (Å²) in [6, 6.07) is 8.81. The Balaban J connectivity index is 2.25. The number of non-ortho nitro benzene ring substituents is 1. The third kappa shape index (κ3) is 6.27. The van der Waals surface area contributed by atoms with Crippen LogP contribution in [-0.4, -0.2) is 47.7 Å². The van der Waals surface area contributed by atoms with Gasteiger partial charge in [-0.1, -0.05) is 13.0 Å². The van der Waals surface area contributed by atoms with Gasteiger partial charge in [0.15, 0.2) is 0 Å². The topological polar surface area (TPSA) is 113 Å². The molecule has 9 nitrogen and oxygen atoms in total. The highest BCUT2D eigenvalue weighted by Crippen LogP contribution is 2.44. The first-order valence-electron chi connectivity index (χ1n) is 11.2. The van der Waals surface area contributed by atoms with Crippen LogP contribution >= 0.6 is 11.3 Å². The zero-order valence-corrected chi connectivity index (χ0v) is 21.2. The van der Waals surface area contributed by atoms with Crippen molar-refractivity contribution in [1.82, 2.24) is 4.90 Å². The third-order valence-electron chi connectivity index (χ3n) is 5.29. The summed E-state index contributed by atoms with van der Waals surface area (Å²) < 4.78 is 34.3. The van der Waals surface area contributed by atoms with Gasteiger partial charge in [-0.05, 0) is 50.3 Å². The first kappa shape index (κ1) is 27.7. The van der Waals surface area contributed by atoms with Gasteiger partial charge in [0, 0.05) is 34.7 Å². The van der Waals surface area contributed by atoms with Crippen molar-refractivity contribution < 1.29 is 33.1 Å². The SMILES string of the molecule is CCCOC(=O)N(Cc1c(F)cccc1F)c1sc(-c2ccc([N+](=O)[O-])cc2)c(CN(C)C)c1C(=O)O. The van der Waals surface area contributed by atoms with Gasteiger partial charge < -0.3 is 14.7 Å². The standard InChI is InChI=1S/C25H25F2N3O6S/c1-4-12-36-25(33)29(14-17-19(26)6-5-7-20(17)27)23-21(24(31)32)18(13-28(2)3)22(37-23)15-8-10-16(11-9-15)30(34)35/h5-11H,4,12-14H2,1-3H3,(H,31,32). The predicted octanol–water partition coefficient (Wildman–Crippen LogP) is 5.91. The van der Waals surface area contributed by atoms with Crippen molar-refractivity contribution in [2.45, 2.75) is 26.4 Å². The Hall–Kier alpha value is -3.90. The molecule has 1 heterocycles. The normalized spacial score (nSPS) is 11.0. The monoisotopic (exact) mass is 533 g/mol. The predicted molar refractivity (Wildman–Crippen MR) is 135 cm³/mol. The van der Waals surface area contributed by atoms with Crippen molar-refractivity contribution in [1.29, 1.82) is 0 Å². The Kier molecular flexibility index (Phi) is 8.90. The number of halogens is 2. The van der Waals surface area contributed by atoms with Crippen molar-refractivity contribution in [3.63, 3.8) is 0 Å². The molecule has 3 aromatic rings. The molecule has 2 aromatic carbocycles. The maximum absolute atomic E-state index is 14.5. The average molecular weight is 534 g/mol. The molecule has 0 spiro atoms. The second-order valence-corrected chi connectivity index (χ2v) is 9.34. The molecule has 1 amide bonds. The quantitative estimate of drug-likeness (QED) is 0.254. The molecule has 0 aliphatic heterocycles. The van der Waals surface area contributed by atoms with Crippen LogP contribution in [0.15, 0.2) is 42.5 Å². The molecule has 0 saturated heterocycles. The summed E-state index contributed by atoms with van der Waals surface area (Å²) in [4.78, 5) is 39.2. The number of aromatic carboxylic acids is 1. The second kappa shape index (κ2) is 11.9. The van der Waals surface area contributed by atoms with E-state index in [-0.39, 0.29) is 29.4 Å².